The van der Waals surface area contributed by atoms with Crippen LogP contribution in [0.15, 0.2) is 77.7 Å². The van der Waals surface area contributed by atoms with Gasteiger partial charge in [-0.1, -0.05) is 55.0 Å². The van der Waals surface area contributed by atoms with Crippen LogP contribution in [0.1, 0.15) is 30.5 Å². The van der Waals surface area contributed by atoms with Gasteiger partial charge in [0, 0.05) is 6.07 Å². The molecule has 0 radical (unpaired) electrons. The minimum atomic E-state index is -4.09. The summed E-state index contributed by atoms with van der Waals surface area (Å²) in [6.45, 7) is 3.51. The van der Waals surface area contributed by atoms with E-state index in [1.54, 1.807) is 12.1 Å². The van der Waals surface area contributed by atoms with Crippen LogP contribution in [0.25, 0.3) is 0 Å². The lowest BCUT2D eigenvalue weighted by molar-refractivity contribution is -0.120. The van der Waals surface area contributed by atoms with Crippen LogP contribution >= 0.6 is 0 Å². The van der Waals surface area contributed by atoms with Gasteiger partial charge in [0.05, 0.1) is 30.8 Å². The van der Waals surface area contributed by atoms with Crippen molar-refractivity contribution in [2.24, 2.45) is 0 Å². The van der Waals surface area contributed by atoms with Gasteiger partial charge >= 0.3 is 0 Å². The molecule has 34 heavy (non-hydrogen) atoms. The minimum absolute atomic E-state index is 0.00590. The van der Waals surface area contributed by atoms with Crippen molar-refractivity contribution in [3.63, 3.8) is 0 Å². The Balaban J connectivity index is 1.95. The third-order valence-electron chi connectivity index (χ3n) is 5.50. The quantitative estimate of drug-likeness (QED) is 0.461. The van der Waals surface area contributed by atoms with Crippen molar-refractivity contribution >= 4 is 21.6 Å². The number of carbonyl (C=O) groups excluding carboxylic acids is 1. The number of ether oxygens (including phenoxy) is 2. The van der Waals surface area contributed by atoms with Gasteiger partial charge in [-0.05, 0) is 43.2 Å². The fourth-order valence-electron chi connectivity index (χ4n) is 3.61. The third-order valence-corrected chi connectivity index (χ3v) is 7.27. The van der Waals surface area contributed by atoms with Gasteiger partial charge < -0.3 is 14.8 Å². The fourth-order valence-corrected chi connectivity index (χ4v) is 5.04. The molecular weight excluding hydrogens is 452 g/mol. The lowest BCUT2D eigenvalue weighted by Gasteiger charge is -2.26. The van der Waals surface area contributed by atoms with Crippen molar-refractivity contribution in [1.29, 1.82) is 0 Å². The molecule has 0 bridgehead atoms. The molecule has 3 aromatic carbocycles. The van der Waals surface area contributed by atoms with Crippen LogP contribution < -0.4 is 19.1 Å². The summed E-state index contributed by atoms with van der Waals surface area (Å²) in [5.74, 6) is 0.294. The molecule has 0 saturated carbocycles. The largest absolute Gasteiger partial charge is 0.493 e. The Morgan fingerprint density at radius 1 is 0.941 bits per heavy atom. The maximum Gasteiger partial charge on any atom is 0.264 e. The summed E-state index contributed by atoms with van der Waals surface area (Å²) >= 11 is 0. The number of hydrogen-bond acceptors (Lipinski definition) is 5. The zero-order valence-electron chi connectivity index (χ0n) is 19.8. The molecule has 0 aromatic heterocycles. The number of rotatable bonds is 10. The zero-order chi connectivity index (χ0) is 24.7. The molecular formula is C26H30N2O5S. The minimum Gasteiger partial charge on any atom is -0.493 e. The third kappa shape index (κ3) is 5.69. The number of nitrogens with zero attached hydrogens (tertiary/aromatic N) is 1. The topological polar surface area (TPSA) is 84.9 Å². The number of aryl methyl sites for hydroxylation is 1. The molecule has 1 N–H and O–H groups in total. The number of amides is 1. The van der Waals surface area contributed by atoms with Crippen LogP contribution in [0.5, 0.6) is 11.5 Å². The summed E-state index contributed by atoms with van der Waals surface area (Å²) in [4.78, 5) is 13.1. The van der Waals surface area contributed by atoms with E-state index in [1.807, 2.05) is 56.3 Å². The monoisotopic (exact) mass is 482 g/mol. The van der Waals surface area contributed by atoms with Crippen molar-refractivity contribution in [1.82, 2.24) is 5.32 Å². The Bertz CT molecular complexity index is 1210. The van der Waals surface area contributed by atoms with Crippen molar-refractivity contribution < 1.29 is 22.7 Å². The molecule has 3 aromatic rings. The first-order valence-electron chi connectivity index (χ1n) is 11.0. The average Bonchev–Trinajstić information content (AvgIpc) is 2.86. The van der Waals surface area contributed by atoms with Crippen LogP contribution in [0.4, 0.5) is 5.69 Å². The van der Waals surface area contributed by atoms with Crippen LogP contribution in [0.2, 0.25) is 0 Å². The molecule has 0 aliphatic carbocycles. The maximum atomic E-state index is 13.7. The predicted molar refractivity (Wildman–Crippen MR) is 133 cm³/mol. The van der Waals surface area contributed by atoms with E-state index >= 15 is 0 Å². The molecule has 3 rings (SSSR count). The van der Waals surface area contributed by atoms with Gasteiger partial charge in [-0.3, -0.25) is 9.10 Å². The molecule has 0 unspecified atom stereocenters. The van der Waals surface area contributed by atoms with Crippen molar-refractivity contribution in [3.8, 4) is 11.5 Å². The van der Waals surface area contributed by atoms with E-state index < -0.39 is 15.9 Å². The molecule has 0 spiro atoms. The first-order valence-corrected chi connectivity index (χ1v) is 12.4. The highest BCUT2D eigenvalue weighted by molar-refractivity contribution is 7.92. The van der Waals surface area contributed by atoms with E-state index in [0.717, 1.165) is 15.4 Å². The molecule has 7 nitrogen and oxygen atoms in total. The number of methoxy groups -OCH3 is 2. The summed E-state index contributed by atoms with van der Waals surface area (Å²) in [5, 5.41) is 2.97. The SMILES string of the molecule is CC[C@@H](NC(=O)CN(c1ccc(C)cc1)S(=O)(=O)c1ccc(OC)c(OC)c1)c1ccccc1. The number of hydrogen-bond donors (Lipinski definition) is 1. The molecule has 1 atom stereocenters. The second-order valence-electron chi connectivity index (χ2n) is 7.80. The molecule has 180 valence electrons. The Morgan fingerprint density at radius 2 is 1.59 bits per heavy atom. The van der Waals surface area contributed by atoms with E-state index in [1.165, 1.54) is 32.4 Å². The van der Waals surface area contributed by atoms with Gasteiger partial charge in [-0.2, -0.15) is 0 Å². The summed E-state index contributed by atoms with van der Waals surface area (Å²) in [6, 6.07) is 20.7. The highest BCUT2D eigenvalue weighted by atomic mass is 32.2. The van der Waals surface area contributed by atoms with Crippen LogP contribution in [0.3, 0.4) is 0 Å². The standard InChI is InChI=1S/C26H30N2O5S/c1-5-23(20-9-7-6-8-10-20)27-26(29)18-28(21-13-11-19(2)12-14-21)34(30,31)22-15-16-24(32-3)25(17-22)33-4/h6-17,23H,5,18H2,1-4H3,(H,27,29)/t23-/m1/s1. The highest BCUT2D eigenvalue weighted by Gasteiger charge is 2.29. The van der Waals surface area contributed by atoms with E-state index in [4.69, 9.17) is 9.47 Å². The first kappa shape index (κ1) is 25.1. The van der Waals surface area contributed by atoms with Crippen molar-refractivity contribution in [2.75, 3.05) is 25.1 Å². The average molecular weight is 483 g/mol. The Hall–Kier alpha value is -3.52. The maximum absolute atomic E-state index is 13.7. The van der Waals surface area contributed by atoms with Crippen LogP contribution in [0, 0.1) is 6.92 Å². The van der Waals surface area contributed by atoms with Crippen LogP contribution in [-0.4, -0.2) is 35.1 Å². The smallest absolute Gasteiger partial charge is 0.264 e. The number of nitrogens with one attached hydrogen (secondary N) is 1. The van der Waals surface area contributed by atoms with Gasteiger partial charge in [0.2, 0.25) is 5.91 Å². The fraction of sp³-hybridized carbons (Fsp3) is 0.269. The van der Waals surface area contributed by atoms with Crippen molar-refractivity contribution in [3.05, 3.63) is 83.9 Å². The molecule has 0 fully saturated rings. The molecule has 0 saturated heterocycles. The van der Waals surface area contributed by atoms with Gasteiger partial charge in [-0.15, -0.1) is 0 Å². The van der Waals surface area contributed by atoms with Gasteiger partial charge in [0.1, 0.15) is 6.54 Å². The molecule has 0 heterocycles. The van der Waals surface area contributed by atoms with E-state index in [0.29, 0.717) is 17.9 Å². The number of benzene rings is 3. The number of anilines is 1. The molecule has 0 aliphatic rings. The summed E-state index contributed by atoms with van der Waals surface area (Å²) in [7, 11) is -1.17. The summed E-state index contributed by atoms with van der Waals surface area (Å²) < 4.78 is 39.0. The lowest BCUT2D eigenvalue weighted by atomic mass is 10.0. The summed E-state index contributed by atoms with van der Waals surface area (Å²) in [5.41, 5.74) is 2.33. The van der Waals surface area contributed by atoms with Gasteiger partial charge in [0.15, 0.2) is 11.5 Å². The second kappa shape index (κ2) is 11.1. The van der Waals surface area contributed by atoms with Gasteiger partial charge in [-0.25, -0.2) is 8.42 Å². The summed E-state index contributed by atoms with van der Waals surface area (Å²) in [6.07, 6.45) is 0.669. The molecule has 0 aliphatic heterocycles. The van der Waals surface area contributed by atoms with Crippen LogP contribution in [-0.2, 0) is 14.8 Å². The highest BCUT2D eigenvalue weighted by Crippen LogP contribution is 2.32. The van der Waals surface area contributed by atoms with E-state index in [9.17, 15) is 13.2 Å². The number of carbonyl (C=O) groups is 1. The molecule has 8 heteroatoms. The van der Waals surface area contributed by atoms with Crippen molar-refractivity contribution in [2.45, 2.75) is 31.2 Å². The van der Waals surface area contributed by atoms with E-state index in [2.05, 4.69) is 5.32 Å². The predicted octanol–water partition coefficient (Wildman–Crippen LogP) is 4.48. The first-order chi connectivity index (χ1) is 16.3. The Morgan fingerprint density at radius 3 is 2.18 bits per heavy atom. The second-order valence-corrected chi connectivity index (χ2v) is 9.67. The Labute approximate surface area is 201 Å². The zero-order valence-corrected chi connectivity index (χ0v) is 20.6. The Kier molecular flexibility index (Phi) is 8.17. The number of sulfonamides is 1. The normalized spacial score (nSPS) is 12.0. The molecule has 1 amide bonds. The van der Waals surface area contributed by atoms with Gasteiger partial charge in [0.25, 0.3) is 10.0 Å². The lowest BCUT2D eigenvalue weighted by Crippen LogP contribution is -2.42. The van der Waals surface area contributed by atoms with E-state index in [-0.39, 0.29) is 23.2 Å².